The van der Waals surface area contributed by atoms with Crippen molar-refractivity contribution in [2.24, 2.45) is 0 Å². The molecule has 0 spiro atoms. The first-order chi connectivity index (χ1) is 11.0. The number of carbonyl (C=O) groups is 1. The Morgan fingerprint density at radius 2 is 2.30 bits per heavy atom. The summed E-state index contributed by atoms with van der Waals surface area (Å²) in [5, 5.41) is 5.67. The van der Waals surface area contributed by atoms with Crippen molar-refractivity contribution in [1.29, 1.82) is 0 Å². The molecule has 0 unspecified atom stereocenters. The molecule has 0 bridgehead atoms. The van der Waals surface area contributed by atoms with Crippen LogP contribution in [0.25, 0.3) is 0 Å². The Bertz CT molecular complexity index is 582. The van der Waals surface area contributed by atoms with Gasteiger partial charge in [-0.25, -0.2) is 9.18 Å². The van der Waals surface area contributed by atoms with E-state index in [2.05, 4.69) is 10.6 Å². The maximum atomic E-state index is 13.8. The molecule has 1 heterocycles. The SMILES string of the molecule is C[C@H](CCNC(=O)N[C@H]1CCCOc2c(F)cccc21)[S@](C)=O. The van der Waals surface area contributed by atoms with Crippen LogP contribution in [-0.4, -0.2) is 34.9 Å². The van der Waals surface area contributed by atoms with Gasteiger partial charge in [0.15, 0.2) is 11.6 Å². The van der Waals surface area contributed by atoms with E-state index in [0.29, 0.717) is 31.6 Å². The molecule has 1 aliphatic rings. The first kappa shape index (κ1) is 17.7. The van der Waals surface area contributed by atoms with Crippen LogP contribution < -0.4 is 15.4 Å². The molecule has 7 heteroatoms. The molecule has 128 valence electrons. The predicted octanol–water partition coefficient (Wildman–Crippen LogP) is 2.50. The van der Waals surface area contributed by atoms with E-state index in [9.17, 15) is 13.4 Å². The average molecular weight is 342 g/mol. The van der Waals surface area contributed by atoms with Crippen molar-refractivity contribution >= 4 is 16.8 Å². The lowest BCUT2D eigenvalue weighted by molar-refractivity contribution is 0.236. The Hall–Kier alpha value is -1.63. The van der Waals surface area contributed by atoms with Crippen molar-refractivity contribution in [3.8, 4) is 5.75 Å². The molecule has 0 fully saturated rings. The van der Waals surface area contributed by atoms with Crippen molar-refractivity contribution in [3.05, 3.63) is 29.6 Å². The largest absolute Gasteiger partial charge is 0.490 e. The van der Waals surface area contributed by atoms with Gasteiger partial charge in [0.1, 0.15) is 0 Å². The van der Waals surface area contributed by atoms with Gasteiger partial charge >= 0.3 is 6.03 Å². The molecule has 3 atom stereocenters. The van der Waals surface area contributed by atoms with Crippen LogP contribution in [0.5, 0.6) is 5.75 Å². The third-order valence-electron chi connectivity index (χ3n) is 3.96. The number of fused-ring (bicyclic) bond motifs is 1. The molecule has 0 aromatic heterocycles. The molecule has 0 radical (unpaired) electrons. The number of halogens is 1. The molecule has 5 nitrogen and oxygen atoms in total. The minimum atomic E-state index is -0.896. The Morgan fingerprint density at radius 1 is 1.52 bits per heavy atom. The number of urea groups is 1. The molecule has 2 amide bonds. The van der Waals surface area contributed by atoms with E-state index >= 15 is 0 Å². The summed E-state index contributed by atoms with van der Waals surface area (Å²) in [7, 11) is -0.896. The summed E-state index contributed by atoms with van der Waals surface area (Å²) >= 11 is 0. The summed E-state index contributed by atoms with van der Waals surface area (Å²) < 4.78 is 30.6. The van der Waals surface area contributed by atoms with Gasteiger partial charge in [0.25, 0.3) is 0 Å². The van der Waals surface area contributed by atoms with E-state index in [0.717, 1.165) is 6.42 Å². The van der Waals surface area contributed by atoms with E-state index in [1.54, 1.807) is 18.4 Å². The van der Waals surface area contributed by atoms with Crippen LogP contribution in [0.4, 0.5) is 9.18 Å². The summed E-state index contributed by atoms with van der Waals surface area (Å²) in [4.78, 5) is 12.0. The molecule has 2 N–H and O–H groups in total. The van der Waals surface area contributed by atoms with Crippen LogP contribution >= 0.6 is 0 Å². The molecule has 0 saturated heterocycles. The number of ether oxygens (including phenoxy) is 1. The molecule has 23 heavy (non-hydrogen) atoms. The number of hydrogen-bond acceptors (Lipinski definition) is 3. The van der Waals surface area contributed by atoms with Crippen LogP contribution in [0.3, 0.4) is 0 Å². The van der Waals surface area contributed by atoms with Gasteiger partial charge in [-0.05, 0) is 25.3 Å². The van der Waals surface area contributed by atoms with E-state index in [4.69, 9.17) is 4.74 Å². The average Bonchev–Trinajstić information content (AvgIpc) is 2.71. The van der Waals surface area contributed by atoms with Crippen LogP contribution in [0, 0.1) is 5.82 Å². The molecule has 1 aromatic carbocycles. The Morgan fingerprint density at radius 3 is 3.04 bits per heavy atom. The third kappa shape index (κ3) is 4.92. The van der Waals surface area contributed by atoms with Crippen molar-refractivity contribution < 1.29 is 18.1 Å². The minimum absolute atomic E-state index is 0.0383. The minimum Gasteiger partial charge on any atom is -0.490 e. The lowest BCUT2D eigenvalue weighted by Gasteiger charge is -2.19. The van der Waals surface area contributed by atoms with E-state index in [1.165, 1.54) is 6.07 Å². The molecular weight excluding hydrogens is 319 g/mol. The highest BCUT2D eigenvalue weighted by atomic mass is 32.2. The van der Waals surface area contributed by atoms with Gasteiger partial charge in [0.2, 0.25) is 0 Å². The second-order valence-electron chi connectivity index (χ2n) is 5.70. The summed E-state index contributed by atoms with van der Waals surface area (Å²) in [6.45, 7) is 2.77. The summed E-state index contributed by atoms with van der Waals surface area (Å²) in [5.41, 5.74) is 0.667. The van der Waals surface area contributed by atoms with Gasteiger partial charge in [0, 0.05) is 34.4 Å². The van der Waals surface area contributed by atoms with Gasteiger partial charge in [-0.2, -0.15) is 0 Å². The van der Waals surface area contributed by atoms with E-state index in [-0.39, 0.29) is 23.1 Å². The van der Waals surface area contributed by atoms with Crippen LogP contribution in [0.1, 0.15) is 37.8 Å². The van der Waals surface area contributed by atoms with Crippen LogP contribution in [0.2, 0.25) is 0 Å². The molecule has 2 rings (SSSR count). The number of hydrogen-bond donors (Lipinski definition) is 2. The second kappa shape index (κ2) is 8.29. The number of benzene rings is 1. The smallest absolute Gasteiger partial charge is 0.315 e. The number of rotatable bonds is 5. The van der Waals surface area contributed by atoms with Gasteiger partial charge in [-0.3, -0.25) is 4.21 Å². The fourth-order valence-corrected chi connectivity index (χ4v) is 2.93. The standard InChI is InChI=1S/C16H23FN2O3S/c1-11(23(2)21)8-9-18-16(20)19-14-7-4-10-22-15-12(14)5-3-6-13(15)17/h3,5-6,11,14H,4,7-10H2,1-2H3,(H2,18,19,20)/t11-,14+,23+/m1/s1. The summed E-state index contributed by atoms with van der Waals surface area (Å²) in [5.74, 6) is -0.179. The highest BCUT2D eigenvalue weighted by Gasteiger charge is 2.23. The number of para-hydroxylation sites is 1. The Balaban J connectivity index is 1.93. The normalized spacial score (nSPS) is 19.7. The summed E-state index contributed by atoms with van der Waals surface area (Å²) in [6, 6.07) is 4.17. The zero-order valence-electron chi connectivity index (χ0n) is 13.4. The van der Waals surface area contributed by atoms with Gasteiger partial charge in [0.05, 0.1) is 12.6 Å². The maximum Gasteiger partial charge on any atom is 0.315 e. The molecular formula is C16H23FN2O3S. The summed E-state index contributed by atoms with van der Waals surface area (Å²) in [6.07, 6.45) is 3.74. The highest BCUT2D eigenvalue weighted by Crippen LogP contribution is 2.33. The predicted molar refractivity (Wildman–Crippen MR) is 88.5 cm³/mol. The molecule has 1 aromatic rings. The van der Waals surface area contributed by atoms with Crippen LogP contribution in [-0.2, 0) is 10.8 Å². The molecule has 1 aliphatic heterocycles. The second-order valence-corrected chi connectivity index (χ2v) is 7.50. The maximum absolute atomic E-state index is 13.8. The first-order valence-corrected chi connectivity index (χ1v) is 9.39. The molecule has 0 saturated carbocycles. The van der Waals surface area contributed by atoms with Crippen molar-refractivity contribution in [3.63, 3.8) is 0 Å². The Labute approximate surface area is 138 Å². The number of nitrogens with one attached hydrogen (secondary N) is 2. The monoisotopic (exact) mass is 342 g/mol. The third-order valence-corrected chi connectivity index (χ3v) is 5.33. The Kier molecular flexibility index (Phi) is 6.38. The van der Waals surface area contributed by atoms with Gasteiger partial charge in [-0.1, -0.05) is 19.1 Å². The lowest BCUT2D eigenvalue weighted by Crippen LogP contribution is -2.39. The quantitative estimate of drug-likeness (QED) is 0.864. The van der Waals surface area contributed by atoms with E-state index < -0.39 is 16.6 Å². The van der Waals surface area contributed by atoms with Crippen molar-refractivity contribution in [2.75, 3.05) is 19.4 Å². The lowest BCUT2D eigenvalue weighted by atomic mass is 10.0. The zero-order valence-corrected chi connectivity index (χ0v) is 14.2. The van der Waals surface area contributed by atoms with Crippen LogP contribution in [0.15, 0.2) is 18.2 Å². The van der Waals surface area contributed by atoms with Gasteiger partial charge in [-0.15, -0.1) is 0 Å². The van der Waals surface area contributed by atoms with Crippen molar-refractivity contribution in [2.45, 2.75) is 37.5 Å². The fourth-order valence-electron chi connectivity index (χ4n) is 2.48. The fraction of sp³-hybridized carbons (Fsp3) is 0.562. The van der Waals surface area contributed by atoms with Crippen molar-refractivity contribution in [1.82, 2.24) is 10.6 Å². The van der Waals surface area contributed by atoms with Gasteiger partial charge < -0.3 is 15.4 Å². The zero-order chi connectivity index (χ0) is 16.8. The highest BCUT2D eigenvalue weighted by molar-refractivity contribution is 7.84. The molecule has 0 aliphatic carbocycles. The first-order valence-electron chi connectivity index (χ1n) is 7.77. The van der Waals surface area contributed by atoms with E-state index in [1.807, 2.05) is 6.92 Å². The number of amides is 2. The topological polar surface area (TPSA) is 67.4 Å². The number of carbonyl (C=O) groups excluding carboxylic acids is 1.